The molecule has 0 aromatic carbocycles. The van der Waals surface area contributed by atoms with Gasteiger partial charge < -0.3 is 9.32 Å². The molecule has 16 heavy (non-hydrogen) atoms. The van der Waals surface area contributed by atoms with Crippen molar-refractivity contribution in [2.24, 2.45) is 5.84 Å². The van der Waals surface area contributed by atoms with Gasteiger partial charge in [0.2, 0.25) is 5.91 Å². The minimum Gasteiger partial charge on any atom is -0.454 e. The van der Waals surface area contributed by atoms with E-state index in [1.807, 2.05) is 5.43 Å². The highest BCUT2D eigenvalue weighted by Crippen LogP contribution is 2.16. The van der Waals surface area contributed by atoms with E-state index in [4.69, 9.17) is 10.3 Å². The number of hydrogen-bond donors (Lipinski definition) is 2. The zero-order valence-electron chi connectivity index (χ0n) is 8.73. The number of nitrogens with one attached hydrogen (secondary N) is 1. The maximum absolute atomic E-state index is 11.4. The molecule has 2 heterocycles. The van der Waals surface area contributed by atoms with Crippen molar-refractivity contribution in [3.05, 3.63) is 23.7 Å². The van der Waals surface area contributed by atoms with Gasteiger partial charge in [0.15, 0.2) is 5.76 Å². The number of furan rings is 1. The molecule has 0 unspecified atom stereocenters. The number of likely N-dealkylation sites (tertiary alicyclic amines) is 1. The van der Waals surface area contributed by atoms with Crippen LogP contribution in [0.2, 0.25) is 0 Å². The van der Waals surface area contributed by atoms with Crippen LogP contribution in [-0.2, 0) is 11.3 Å². The zero-order chi connectivity index (χ0) is 11.5. The standard InChI is InChI=1S/C10H13N3O3/c11-12-10(15)8-4-3-7(16-8)6-13-5-1-2-9(13)14/h3-4H,1-2,5-6,11H2,(H,12,15). The molecule has 0 spiro atoms. The molecule has 3 N–H and O–H groups in total. The quantitative estimate of drug-likeness (QED) is 0.429. The first-order valence-corrected chi connectivity index (χ1v) is 5.08. The molecule has 0 radical (unpaired) electrons. The van der Waals surface area contributed by atoms with E-state index in [1.54, 1.807) is 11.0 Å². The first-order chi connectivity index (χ1) is 7.70. The predicted molar refractivity (Wildman–Crippen MR) is 55.0 cm³/mol. The number of nitrogens with zero attached hydrogens (tertiary/aromatic N) is 1. The Hall–Kier alpha value is -1.82. The van der Waals surface area contributed by atoms with Crippen LogP contribution in [0.25, 0.3) is 0 Å². The Labute approximate surface area is 92.4 Å². The first kappa shape index (κ1) is 10.7. The second-order valence-electron chi connectivity index (χ2n) is 3.66. The van der Waals surface area contributed by atoms with Crippen LogP contribution in [0.4, 0.5) is 0 Å². The largest absolute Gasteiger partial charge is 0.454 e. The summed E-state index contributed by atoms with van der Waals surface area (Å²) in [6.45, 7) is 1.16. The van der Waals surface area contributed by atoms with Gasteiger partial charge in [0, 0.05) is 13.0 Å². The van der Waals surface area contributed by atoms with E-state index in [2.05, 4.69) is 0 Å². The molecule has 2 rings (SSSR count). The van der Waals surface area contributed by atoms with E-state index in [1.165, 1.54) is 6.07 Å². The Bertz CT molecular complexity index is 413. The summed E-state index contributed by atoms with van der Waals surface area (Å²) < 4.78 is 5.26. The molecule has 1 aromatic heterocycles. The van der Waals surface area contributed by atoms with Crippen molar-refractivity contribution in [3.8, 4) is 0 Å². The average molecular weight is 223 g/mol. The molecule has 2 amide bonds. The highest BCUT2D eigenvalue weighted by molar-refractivity contribution is 5.90. The number of rotatable bonds is 3. The first-order valence-electron chi connectivity index (χ1n) is 5.08. The second-order valence-corrected chi connectivity index (χ2v) is 3.66. The van der Waals surface area contributed by atoms with Crippen LogP contribution in [0.1, 0.15) is 29.2 Å². The summed E-state index contributed by atoms with van der Waals surface area (Å²) >= 11 is 0. The molecule has 0 aliphatic carbocycles. The normalized spacial score (nSPS) is 15.6. The van der Waals surface area contributed by atoms with Crippen LogP contribution in [-0.4, -0.2) is 23.3 Å². The number of amides is 2. The Morgan fingerprint density at radius 3 is 3.00 bits per heavy atom. The Kier molecular flexibility index (Phi) is 2.91. The van der Waals surface area contributed by atoms with Crippen molar-refractivity contribution in [1.82, 2.24) is 10.3 Å². The molecule has 1 aromatic rings. The number of carbonyl (C=O) groups excluding carboxylic acids is 2. The fourth-order valence-electron chi connectivity index (χ4n) is 1.72. The molecular formula is C10H13N3O3. The van der Waals surface area contributed by atoms with E-state index in [0.29, 0.717) is 18.7 Å². The van der Waals surface area contributed by atoms with Gasteiger partial charge in [0.25, 0.3) is 0 Å². The van der Waals surface area contributed by atoms with Gasteiger partial charge >= 0.3 is 5.91 Å². The minimum atomic E-state index is -0.473. The van der Waals surface area contributed by atoms with Crippen molar-refractivity contribution in [1.29, 1.82) is 0 Å². The summed E-state index contributed by atoms with van der Waals surface area (Å²) in [6, 6.07) is 3.22. The molecule has 1 aliphatic heterocycles. The summed E-state index contributed by atoms with van der Waals surface area (Å²) in [5.74, 6) is 5.38. The van der Waals surface area contributed by atoms with Gasteiger partial charge in [-0.15, -0.1) is 0 Å². The molecule has 0 saturated carbocycles. The Balaban J connectivity index is 2.02. The van der Waals surface area contributed by atoms with Crippen molar-refractivity contribution in [2.75, 3.05) is 6.54 Å². The smallest absolute Gasteiger partial charge is 0.300 e. The number of nitrogens with two attached hydrogens (primary N) is 1. The Morgan fingerprint density at radius 1 is 1.56 bits per heavy atom. The SMILES string of the molecule is NNC(=O)c1ccc(CN2CCCC2=O)o1. The molecule has 6 heteroatoms. The summed E-state index contributed by atoms with van der Waals surface area (Å²) in [4.78, 5) is 24.2. The van der Waals surface area contributed by atoms with Gasteiger partial charge in [-0.1, -0.05) is 0 Å². The number of hydrogen-bond acceptors (Lipinski definition) is 4. The van der Waals surface area contributed by atoms with Gasteiger partial charge in [0.1, 0.15) is 5.76 Å². The summed E-state index contributed by atoms with van der Waals surface area (Å²) in [5, 5.41) is 0. The van der Waals surface area contributed by atoms with Crippen molar-refractivity contribution >= 4 is 11.8 Å². The zero-order valence-corrected chi connectivity index (χ0v) is 8.73. The molecule has 1 fully saturated rings. The van der Waals surface area contributed by atoms with Gasteiger partial charge in [-0.3, -0.25) is 15.0 Å². The van der Waals surface area contributed by atoms with E-state index in [0.717, 1.165) is 13.0 Å². The minimum absolute atomic E-state index is 0.126. The summed E-state index contributed by atoms with van der Waals surface area (Å²) in [7, 11) is 0. The lowest BCUT2D eigenvalue weighted by molar-refractivity contribution is -0.128. The maximum Gasteiger partial charge on any atom is 0.300 e. The number of hydrazine groups is 1. The van der Waals surface area contributed by atoms with Crippen LogP contribution < -0.4 is 11.3 Å². The Morgan fingerprint density at radius 2 is 2.38 bits per heavy atom. The van der Waals surface area contributed by atoms with Gasteiger partial charge in [-0.2, -0.15) is 0 Å². The monoisotopic (exact) mass is 223 g/mol. The van der Waals surface area contributed by atoms with E-state index < -0.39 is 5.91 Å². The van der Waals surface area contributed by atoms with E-state index in [-0.39, 0.29) is 11.7 Å². The second kappa shape index (κ2) is 4.36. The van der Waals surface area contributed by atoms with Crippen LogP contribution in [0.5, 0.6) is 0 Å². The van der Waals surface area contributed by atoms with Crippen molar-refractivity contribution < 1.29 is 14.0 Å². The maximum atomic E-state index is 11.4. The van der Waals surface area contributed by atoms with Crippen LogP contribution in [0.15, 0.2) is 16.5 Å². The average Bonchev–Trinajstić information content (AvgIpc) is 2.89. The highest BCUT2D eigenvalue weighted by Gasteiger charge is 2.21. The summed E-state index contributed by atoms with van der Waals surface area (Å²) in [5.41, 5.74) is 1.98. The number of nitrogen functional groups attached to an aromatic ring is 1. The topological polar surface area (TPSA) is 88.6 Å². The molecule has 0 atom stereocenters. The van der Waals surface area contributed by atoms with Crippen molar-refractivity contribution in [3.63, 3.8) is 0 Å². The molecule has 6 nitrogen and oxygen atoms in total. The number of carbonyl (C=O) groups is 2. The molecular weight excluding hydrogens is 210 g/mol. The van der Waals surface area contributed by atoms with Crippen LogP contribution in [0.3, 0.4) is 0 Å². The molecule has 86 valence electrons. The molecule has 1 aliphatic rings. The third-order valence-electron chi connectivity index (χ3n) is 2.53. The van der Waals surface area contributed by atoms with Gasteiger partial charge in [0.05, 0.1) is 6.54 Å². The lowest BCUT2D eigenvalue weighted by Gasteiger charge is -2.12. The molecule has 0 bridgehead atoms. The summed E-state index contributed by atoms with van der Waals surface area (Å²) in [6.07, 6.45) is 1.48. The van der Waals surface area contributed by atoms with E-state index in [9.17, 15) is 9.59 Å². The van der Waals surface area contributed by atoms with Gasteiger partial charge in [-0.05, 0) is 18.6 Å². The fraction of sp³-hybridized carbons (Fsp3) is 0.400. The van der Waals surface area contributed by atoms with Crippen molar-refractivity contribution in [2.45, 2.75) is 19.4 Å². The van der Waals surface area contributed by atoms with Crippen LogP contribution >= 0.6 is 0 Å². The third-order valence-corrected chi connectivity index (χ3v) is 2.53. The van der Waals surface area contributed by atoms with Crippen LogP contribution in [0, 0.1) is 0 Å². The highest BCUT2D eigenvalue weighted by atomic mass is 16.4. The molecule has 1 saturated heterocycles. The predicted octanol–water partition coefficient (Wildman–Crippen LogP) is 0.00550. The lowest BCUT2D eigenvalue weighted by atomic mass is 10.4. The third kappa shape index (κ3) is 2.06. The fourth-order valence-corrected chi connectivity index (χ4v) is 1.72. The van der Waals surface area contributed by atoms with Gasteiger partial charge in [-0.25, -0.2) is 5.84 Å². The lowest BCUT2D eigenvalue weighted by Crippen LogP contribution is -2.29. The van der Waals surface area contributed by atoms with E-state index >= 15 is 0 Å².